The van der Waals surface area contributed by atoms with Gasteiger partial charge in [-0.25, -0.2) is 0 Å². The highest BCUT2D eigenvalue weighted by Gasteiger charge is 2.31. The highest BCUT2D eigenvalue weighted by molar-refractivity contribution is 5.84. The molecule has 0 aromatic rings. The number of hydrogen-bond acceptors (Lipinski definition) is 4. The molecule has 0 heterocycles. The van der Waals surface area contributed by atoms with Crippen molar-refractivity contribution in [2.24, 2.45) is 11.8 Å². The standard InChI is InChI=1S/C14H25NO4/c1-10(2)19-9-5-8-15-13(16)11-6-3-4-7-12(11)14(17)18/h10-12H,3-9H2,1-2H3,(H,15,16)(H,17,18)/p-1/t11-,12+/m0/s1. The number of nitrogens with one attached hydrogen (secondary N) is 1. The van der Waals surface area contributed by atoms with Gasteiger partial charge in [-0.05, 0) is 33.1 Å². The van der Waals surface area contributed by atoms with Crippen LogP contribution in [-0.2, 0) is 14.3 Å². The summed E-state index contributed by atoms with van der Waals surface area (Å²) in [5.74, 6) is -2.30. The van der Waals surface area contributed by atoms with Crippen LogP contribution in [0.25, 0.3) is 0 Å². The minimum absolute atomic E-state index is 0.154. The van der Waals surface area contributed by atoms with Crippen molar-refractivity contribution in [3.8, 4) is 0 Å². The third kappa shape index (κ3) is 5.59. The molecule has 1 amide bonds. The number of carboxylic acids is 1. The minimum Gasteiger partial charge on any atom is -0.550 e. The van der Waals surface area contributed by atoms with Crippen molar-refractivity contribution in [2.45, 2.75) is 52.1 Å². The molecule has 5 heteroatoms. The van der Waals surface area contributed by atoms with Crippen LogP contribution in [0.15, 0.2) is 0 Å². The molecule has 0 aromatic heterocycles. The fourth-order valence-corrected chi connectivity index (χ4v) is 2.46. The number of carbonyl (C=O) groups excluding carboxylic acids is 2. The Bertz CT molecular complexity index is 304. The number of rotatable bonds is 7. The van der Waals surface area contributed by atoms with Gasteiger partial charge in [-0.2, -0.15) is 0 Å². The van der Waals surface area contributed by atoms with Gasteiger partial charge in [0.1, 0.15) is 0 Å². The van der Waals surface area contributed by atoms with Crippen LogP contribution in [0.2, 0.25) is 0 Å². The second-order valence-corrected chi connectivity index (χ2v) is 5.38. The predicted molar refractivity (Wildman–Crippen MR) is 69.2 cm³/mol. The van der Waals surface area contributed by atoms with Crippen LogP contribution in [0.5, 0.6) is 0 Å². The molecular weight excluding hydrogens is 246 g/mol. The van der Waals surface area contributed by atoms with Crippen LogP contribution in [0.1, 0.15) is 46.0 Å². The normalized spacial score (nSPS) is 23.3. The molecular formula is C14H24NO4-. The lowest BCUT2D eigenvalue weighted by Crippen LogP contribution is -2.44. The third-order valence-corrected chi connectivity index (χ3v) is 3.48. The van der Waals surface area contributed by atoms with E-state index in [2.05, 4.69) is 5.32 Å². The monoisotopic (exact) mass is 270 g/mol. The Morgan fingerprint density at radius 1 is 1.26 bits per heavy atom. The van der Waals surface area contributed by atoms with Gasteiger partial charge < -0.3 is 20.0 Å². The van der Waals surface area contributed by atoms with E-state index in [1.54, 1.807) is 0 Å². The molecule has 1 saturated carbocycles. The van der Waals surface area contributed by atoms with Crippen LogP contribution in [0.4, 0.5) is 0 Å². The van der Waals surface area contributed by atoms with E-state index in [1.807, 2.05) is 13.8 Å². The Balaban J connectivity index is 2.29. The zero-order valence-corrected chi connectivity index (χ0v) is 11.8. The van der Waals surface area contributed by atoms with Gasteiger partial charge in [0, 0.05) is 31.0 Å². The maximum Gasteiger partial charge on any atom is 0.223 e. The largest absolute Gasteiger partial charge is 0.550 e. The second-order valence-electron chi connectivity index (χ2n) is 5.38. The predicted octanol–water partition coefficient (Wildman–Crippen LogP) is 0.474. The third-order valence-electron chi connectivity index (χ3n) is 3.48. The fraction of sp³-hybridized carbons (Fsp3) is 0.857. The van der Waals surface area contributed by atoms with Crippen molar-refractivity contribution in [1.82, 2.24) is 5.32 Å². The summed E-state index contributed by atoms with van der Waals surface area (Å²) in [6, 6.07) is 0. The fourth-order valence-electron chi connectivity index (χ4n) is 2.46. The van der Waals surface area contributed by atoms with Crippen LogP contribution < -0.4 is 10.4 Å². The first kappa shape index (κ1) is 16.0. The summed E-state index contributed by atoms with van der Waals surface area (Å²) in [5.41, 5.74) is 0. The molecule has 0 unspecified atom stereocenters. The van der Waals surface area contributed by atoms with Gasteiger partial charge in [0.05, 0.1) is 6.10 Å². The van der Waals surface area contributed by atoms with Crippen molar-refractivity contribution >= 4 is 11.9 Å². The van der Waals surface area contributed by atoms with E-state index in [4.69, 9.17) is 4.74 Å². The van der Waals surface area contributed by atoms with Gasteiger partial charge in [0.2, 0.25) is 5.91 Å². The Kier molecular flexibility index (Phi) is 6.84. The maximum atomic E-state index is 12.0. The van der Waals surface area contributed by atoms with E-state index in [1.165, 1.54) is 0 Å². The van der Waals surface area contributed by atoms with E-state index in [-0.39, 0.29) is 12.0 Å². The molecule has 0 aliphatic heterocycles. The number of hydrogen-bond donors (Lipinski definition) is 1. The van der Waals surface area contributed by atoms with Crippen LogP contribution in [0.3, 0.4) is 0 Å². The zero-order valence-electron chi connectivity index (χ0n) is 11.8. The number of carbonyl (C=O) groups is 2. The smallest absolute Gasteiger partial charge is 0.223 e. The molecule has 0 spiro atoms. The summed E-state index contributed by atoms with van der Waals surface area (Å²) in [6.45, 7) is 5.06. The molecule has 0 radical (unpaired) electrons. The summed E-state index contributed by atoms with van der Waals surface area (Å²) in [6.07, 6.45) is 3.91. The molecule has 0 saturated heterocycles. The van der Waals surface area contributed by atoms with Crippen molar-refractivity contribution in [2.75, 3.05) is 13.2 Å². The Morgan fingerprint density at radius 3 is 2.47 bits per heavy atom. The summed E-state index contributed by atoms with van der Waals surface area (Å²) < 4.78 is 5.37. The van der Waals surface area contributed by atoms with Crippen LogP contribution >= 0.6 is 0 Å². The highest BCUT2D eigenvalue weighted by Crippen LogP contribution is 2.29. The molecule has 2 atom stereocenters. The minimum atomic E-state index is -1.09. The molecule has 0 aromatic carbocycles. The summed E-state index contributed by atoms with van der Waals surface area (Å²) in [4.78, 5) is 23.0. The quantitative estimate of drug-likeness (QED) is 0.682. The lowest BCUT2D eigenvalue weighted by Gasteiger charge is -2.31. The zero-order chi connectivity index (χ0) is 14.3. The van der Waals surface area contributed by atoms with Crippen LogP contribution in [-0.4, -0.2) is 31.1 Å². The maximum absolute atomic E-state index is 12.0. The summed E-state index contributed by atoms with van der Waals surface area (Å²) in [7, 11) is 0. The Labute approximate surface area is 114 Å². The Morgan fingerprint density at radius 2 is 1.89 bits per heavy atom. The first-order chi connectivity index (χ1) is 9.02. The number of ether oxygens (including phenoxy) is 1. The van der Waals surface area contributed by atoms with Gasteiger partial charge in [-0.15, -0.1) is 0 Å². The van der Waals surface area contributed by atoms with Crippen molar-refractivity contribution in [1.29, 1.82) is 0 Å². The van der Waals surface area contributed by atoms with Gasteiger partial charge in [0.25, 0.3) is 0 Å². The SMILES string of the molecule is CC(C)OCCCNC(=O)[C@H]1CCCC[C@H]1C(=O)[O-]. The van der Waals surface area contributed by atoms with E-state index in [0.29, 0.717) is 26.0 Å². The van der Waals surface area contributed by atoms with Gasteiger partial charge >= 0.3 is 0 Å². The summed E-state index contributed by atoms with van der Waals surface area (Å²) in [5, 5.41) is 13.8. The molecule has 1 N–H and O–H groups in total. The molecule has 0 bridgehead atoms. The second kappa shape index (κ2) is 8.15. The lowest BCUT2D eigenvalue weighted by molar-refractivity contribution is -0.314. The molecule has 19 heavy (non-hydrogen) atoms. The van der Waals surface area contributed by atoms with Gasteiger partial charge in [-0.3, -0.25) is 4.79 Å². The molecule has 110 valence electrons. The van der Waals surface area contributed by atoms with E-state index in [0.717, 1.165) is 19.3 Å². The van der Waals surface area contributed by atoms with Crippen molar-refractivity contribution in [3.05, 3.63) is 0 Å². The number of aliphatic carboxylic acids is 1. The Hall–Kier alpha value is -1.10. The van der Waals surface area contributed by atoms with Gasteiger partial charge in [0.15, 0.2) is 0 Å². The topological polar surface area (TPSA) is 78.5 Å². The first-order valence-electron chi connectivity index (χ1n) is 7.12. The van der Waals surface area contributed by atoms with E-state index >= 15 is 0 Å². The molecule has 1 rings (SSSR count). The molecule has 1 aliphatic rings. The van der Waals surface area contributed by atoms with E-state index in [9.17, 15) is 14.7 Å². The number of carboxylic acid groups (broad SMARTS) is 1. The van der Waals surface area contributed by atoms with Crippen LogP contribution in [0, 0.1) is 11.8 Å². The van der Waals surface area contributed by atoms with E-state index < -0.39 is 17.8 Å². The lowest BCUT2D eigenvalue weighted by atomic mass is 9.79. The molecule has 1 fully saturated rings. The number of amides is 1. The molecule has 5 nitrogen and oxygen atoms in total. The first-order valence-corrected chi connectivity index (χ1v) is 7.12. The highest BCUT2D eigenvalue weighted by atomic mass is 16.5. The average Bonchev–Trinajstić information content (AvgIpc) is 2.37. The van der Waals surface area contributed by atoms with Crippen molar-refractivity contribution in [3.63, 3.8) is 0 Å². The summed E-state index contributed by atoms with van der Waals surface area (Å²) >= 11 is 0. The molecule has 1 aliphatic carbocycles. The van der Waals surface area contributed by atoms with Gasteiger partial charge in [-0.1, -0.05) is 12.8 Å². The van der Waals surface area contributed by atoms with Crippen molar-refractivity contribution < 1.29 is 19.4 Å². The average molecular weight is 270 g/mol.